The van der Waals surface area contributed by atoms with E-state index in [4.69, 9.17) is 9.84 Å². The molecule has 3 rings (SSSR count). The molecule has 2 amide bonds. The first-order chi connectivity index (χ1) is 13.7. The zero-order chi connectivity index (χ0) is 19.8. The largest absolute Gasteiger partial charge is 0.493 e. The molecule has 1 aliphatic carbocycles. The number of ether oxygens (including phenoxy) is 1. The van der Waals surface area contributed by atoms with Gasteiger partial charge < -0.3 is 25.8 Å². The summed E-state index contributed by atoms with van der Waals surface area (Å²) in [4.78, 5) is 24.4. The topological polar surface area (TPSA) is 99.7 Å². The van der Waals surface area contributed by atoms with Gasteiger partial charge in [-0.15, -0.1) is 0 Å². The van der Waals surface area contributed by atoms with Crippen molar-refractivity contribution in [1.29, 1.82) is 0 Å². The van der Waals surface area contributed by atoms with Crippen molar-refractivity contribution in [2.45, 2.75) is 51.4 Å². The Kier molecular flexibility index (Phi) is 7.68. The minimum atomic E-state index is -0.0332. The van der Waals surface area contributed by atoms with Crippen LogP contribution >= 0.6 is 0 Å². The molecule has 0 saturated heterocycles. The Morgan fingerprint density at radius 1 is 1.18 bits per heavy atom. The lowest BCUT2D eigenvalue weighted by Gasteiger charge is -2.24. The number of amides is 2. The van der Waals surface area contributed by atoms with Gasteiger partial charge in [0.2, 0.25) is 11.8 Å². The van der Waals surface area contributed by atoms with E-state index in [2.05, 4.69) is 16.0 Å². The number of carbonyl (C=O) groups excluding carboxylic acids is 2. The molecule has 1 fully saturated rings. The van der Waals surface area contributed by atoms with E-state index in [1.165, 1.54) is 0 Å². The molecule has 1 aromatic rings. The summed E-state index contributed by atoms with van der Waals surface area (Å²) in [5.41, 5.74) is 2.30. The van der Waals surface area contributed by atoms with Crippen molar-refractivity contribution in [1.82, 2.24) is 5.32 Å². The van der Waals surface area contributed by atoms with Crippen molar-refractivity contribution in [3.05, 3.63) is 17.7 Å². The summed E-state index contributed by atoms with van der Waals surface area (Å²) in [5, 5.41) is 18.0. The maximum Gasteiger partial charge on any atom is 0.227 e. The van der Waals surface area contributed by atoms with E-state index >= 15 is 0 Å². The van der Waals surface area contributed by atoms with Gasteiger partial charge in [-0.3, -0.25) is 9.59 Å². The Bertz CT molecular complexity index is 686. The molecule has 1 heterocycles. The minimum Gasteiger partial charge on any atom is -0.493 e. The zero-order valence-corrected chi connectivity index (χ0v) is 16.4. The Morgan fingerprint density at radius 3 is 2.75 bits per heavy atom. The summed E-state index contributed by atoms with van der Waals surface area (Å²) in [7, 11) is 0. The first kappa shape index (κ1) is 20.6. The number of aliphatic hydroxyl groups is 1. The molecule has 7 nitrogen and oxygen atoms in total. The van der Waals surface area contributed by atoms with Crippen LogP contribution in [0.1, 0.15) is 50.5 Å². The molecule has 0 unspecified atom stereocenters. The molecule has 154 valence electrons. The number of rotatable bonds is 10. The van der Waals surface area contributed by atoms with Crippen molar-refractivity contribution in [2.75, 3.05) is 36.9 Å². The number of hydrogen-bond donors (Lipinski definition) is 4. The van der Waals surface area contributed by atoms with Gasteiger partial charge in [-0.05, 0) is 57.3 Å². The number of benzene rings is 1. The molecule has 28 heavy (non-hydrogen) atoms. The minimum absolute atomic E-state index is 0.0332. The van der Waals surface area contributed by atoms with Crippen LogP contribution in [-0.2, 0) is 16.0 Å². The molecule has 1 saturated carbocycles. The van der Waals surface area contributed by atoms with Gasteiger partial charge in [-0.25, -0.2) is 0 Å². The second-order valence-corrected chi connectivity index (χ2v) is 7.51. The molecular weight excluding hydrogens is 358 g/mol. The molecular formula is C21H31N3O4. The van der Waals surface area contributed by atoms with Crippen LogP contribution in [-0.4, -0.2) is 43.2 Å². The molecule has 1 aromatic carbocycles. The standard InChI is InChI=1S/C21H31N3O4/c25-13-3-11-22-12-4-14-28-18-9-8-17(20-16(18)7-10-19(26)24-20)23-21(27)15-5-1-2-6-15/h8-9,15,22,25H,1-7,10-14H2,(H,23,27)(H,24,26). The number of anilines is 2. The molecule has 0 aromatic heterocycles. The van der Waals surface area contributed by atoms with Crippen LogP contribution in [0.4, 0.5) is 11.4 Å². The molecule has 7 heteroatoms. The fourth-order valence-corrected chi connectivity index (χ4v) is 3.83. The molecule has 2 aliphatic rings. The first-order valence-electron chi connectivity index (χ1n) is 10.4. The average Bonchev–Trinajstić information content (AvgIpc) is 3.23. The summed E-state index contributed by atoms with van der Waals surface area (Å²) >= 11 is 0. The Morgan fingerprint density at radius 2 is 1.96 bits per heavy atom. The predicted molar refractivity (Wildman–Crippen MR) is 109 cm³/mol. The smallest absolute Gasteiger partial charge is 0.227 e. The van der Waals surface area contributed by atoms with Crippen molar-refractivity contribution >= 4 is 23.2 Å². The second kappa shape index (κ2) is 10.4. The quantitative estimate of drug-likeness (QED) is 0.461. The highest BCUT2D eigenvalue weighted by Gasteiger charge is 2.26. The fraction of sp³-hybridized carbons (Fsp3) is 0.619. The third kappa shape index (κ3) is 5.45. The Balaban J connectivity index is 1.61. The van der Waals surface area contributed by atoms with E-state index in [1.54, 1.807) is 0 Å². The Labute approximate surface area is 166 Å². The highest BCUT2D eigenvalue weighted by Crippen LogP contribution is 2.38. The van der Waals surface area contributed by atoms with Gasteiger partial charge in [0.15, 0.2) is 0 Å². The highest BCUT2D eigenvalue weighted by molar-refractivity contribution is 6.03. The number of hydrogen-bond acceptors (Lipinski definition) is 5. The summed E-state index contributed by atoms with van der Waals surface area (Å²) in [5.74, 6) is 0.852. The highest BCUT2D eigenvalue weighted by atomic mass is 16.5. The lowest BCUT2D eigenvalue weighted by Crippen LogP contribution is -2.25. The van der Waals surface area contributed by atoms with E-state index < -0.39 is 0 Å². The van der Waals surface area contributed by atoms with E-state index in [9.17, 15) is 9.59 Å². The number of nitrogens with one attached hydrogen (secondary N) is 3. The summed E-state index contributed by atoms with van der Waals surface area (Å²) in [6, 6.07) is 3.71. The zero-order valence-electron chi connectivity index (χ0n) is 16.4. The normalized spacial score (nSPS) is 16.5. The van der Waals surface area contributed by atoms with Gasteiger partial charge in [0.05, 0.1) is 18.0 Å². The predicted octanol–water partition coefficient (Wildman–Crippen LogP) is 2.44. The fourth-order valence-electron chi connectivity index (χ4n) is 3.83. The van der Waals surface area contributed by atoms with Gasteiger partial charge in [-0.1, -0.05) is 12.8 Å². The van der Waals surface area contributed by atoms with Crippen LogP contribution in [0.3, 0.4) is 0 Å². The maximum atomic E-state index is 12.5. The Hall–Kier alpha value is -2.12. The van der Waals surface area contributed by atoms with Crippen LogP contribution in [0.2, 0.25) is 0 Å². The van der Waals surface area contributed by atoms with Crippen LogP contribution in [0.25, 0.3) is 0 Å². The van der Waals surface area contributed by atoms with E-state index in [-0.39, 0.29) is 24.3 Å². The number of carbonyl (C=O) groups is 2. The summed E-state index contributed by atoms with van der Waals surface area (Å²) in [6.07, 6.45) is 6.73. The second-order valence-electron chi connectivity index (χ2n) is 7.51. The van der Waals surface area contributed by atoms with Gasteiger partial charge in [-0.2, -0.15) is 0 Å². The molecule has 1 aliphatic heterocycles. The number of fused-ring (bicyclic) bond motifs is 1. The van der Waals surface area contributed by atoms with Crippen LogP contribution < -0.4 is 20.7 Å². The van der Waals surface area contributed by atoms with Crippen molar-refractivity contribution in [3.63, 3.8) is 0 Å². The van der Waals surface area contributed by atoms with Crippen LogP contribution in [0.15, 0.2) is 12.1 Å². The molecule has 0 spiro atoms. The monoisotopic (exact) mass is 389 g/mol. The maximum absolute atomic E-state index is 12.5. The number of aliphatic hydroxyl groups excluding tert-OH is 1. The summed E-state index contributed by atoms with van der Waals surface area (Å²) in [6.45, 7) is 2.40. The van der Waals surface area contributed by atoms with Crippen LogP contribution in [0.5, 0.6) is 5.75 Å². The molecule has 0 bridgehead atoms. The lowest BCUT2D eigenvalue weighted by atomic mass is 9.99. The lowest BCUT2D eigenvalue weighted by molar-refractivity contribution is -0.119. The molecule has 0 atom stereocenters. The van der Waals surface area contributed by atoms with Gasteiger partial charge in [0, 0.05) is 24.5 Å². The molecule has 0 radical (unpaired) electrons. The van der Waals surface area contributed by atoms with Gasteiger partial charge in [0.25, 0.3) is 0 Å². The SMILES string of the molecule is O=C1CCc2c(OCCCNCCCO)ccc(NC(=O)C3CCCC3)c2N1. The van der Waals surface area contributed by atoms with Crippen molar-refractivity contribution in [3.8, 4) is 5.75 Å². The van der Waals surface area contributed by atoms with E-state index in [1.807, 2.05) is 12.1 Å². The van der Waals surface area contributed by atoms with E-state index in [0.717, 1.165) is 62.9 Å². The van der Waals surface area contributed by atoms with Crippen molar-refractivity contribution < 1.29 is 19.4 Å². The molecule has 4 N–H and O–H groups in total. The summed E-state index contributed by atoms with van der Waals surface area (Å²) < 4.78 is 5.95. The van der Waals surface area contributed by atoms with Gasteiger partial charge >= 0.3 is 0 Å². The third-order valence-electron chi connectivity index (χ3n) is 5.39. The van der Waals surface area contributed by atoms with Gasteiger partial charge in [0.1, 0.15) is 5.75 Å². The van der Waals surface area contributed by atoms with Crippen molar-refractivity contribution in [2.24, 2.45) is 5.92 Å². The van der Waals surface area contributed by atoms with E-state index in [0.29, 0.717) is 30.8 Å². The van der Waals surface area contributed by atoms with Crippen LogP contribution in [0, 0.1) is 5.92 Å². The average molecular weight is 389 g/mol. The third-order valence-corrected chi connectivity index (χ3v) is 5.39. The first-order valence-corrected chi connectivity index (χ1v) is 10.4.